The van der Waals surface area contributed by atoms with Crippen molar-refractivity contribution in [3.63, 3.8) is 0 Å². The first-order chi connectivity index (χ1) is 6.19. The van der Waals surface area contributed by atoms with Crippen LogP contribution in [0.15, 0.2) is 0 Å². The Hall–Kier alpha value is 0.0569. The molecule has 0 saturated heterocycles. The summed E-state index contributed by atoms with van der Waals surface area (Å²) in [5.41, 5.74) is 11.7. The van der Waals surface area contributed by atoms with Crippen LogP contribution >= 0.6 is 0 Å². The van der Waals surface area contributed by atoms with E-state index in [-0.39, 0.29) is 6.04 Å². The Morgan fingerprint density at radius 2 is 1.85 bits per heavy atom. The van der Waals surface area contributed by atoms with Gasteiger partial charge >= 0.3 is 9.28 Å². The van der Waals surface area contributed by atoms with Gasteiger partial charge in [0.1, 0.15) is 0 Å². The number of nitrogens with two attached hydrogens (primary N) is 2. The second kappa shape index (κ2) is 7.46. The highest BCUT2D eigenvalue weighted by molar-refractivity contribution is 6.46. The first-order valence-electron chi connectivity index (χ1n) is 4.70. The van der Waals surface area contributed by atoms with E-state index in [9.17, 15) is 0 Å². The molecule has 0 aliphatic heterocycles. The lowest BCUT2D eigenvalue weighted by molar-refractivity contribution is 0.259. The fraction of sp³-hybridized carbons (Fsp3) is 1.00. The van der Waals surface area contributed by atoms with Crippen LogP contribution in [-0.2, 0) is 8.85 Å². The highest BCUT2D eigenvalue weighted by atomic mass is 28.3. The third-order valence-electron chi connectivity index (χ3n) is 2.28. The van der Waals surface area contributed by atoms with E-state index in [2.05, 4.69) is 6.92 Å². The van der Waals surface area contributed by atoms with Crippen molar-refractivity contribution in [1.29, 1.82) is 0 Å². The van der Waals surface area contributed by atoms with Gasteiger partial charge in [-0.15, -0.1) is 0 Å². The summed E-state index contributed by atoms with van der Waals surface area (Å²) in [7, 11) is 1.90. The molecule has 5 heteroatoms. The monoisotopic (exact) mass is 206 g/mol. The Morgan fingerprint density at radius 1 is 1.31 bits per heavy atom. The Balaban J connectivity index is 3.98. The Morgan fingerprint density at radius 3 is 2.15 bits per heavy atom. The van der Waals surface area contributed by atoms with Gasteiger partial charge in [0, 0.05) is 32.3 Å². The van der Waals surface area contributed by atoms with Crippen LogP contribution in [0, 0.1) is 0 Å². The standard InChI is InChI=1S/C8H22N2O2Si/c1-4-8(5-7(10)6-9)13(11-2)12-3/h7-8,13H,4-6,9-10H2,1-3H3. The van der Waals surface area contributed by atoms with Crippen LogP contribution in [0.5, 0.6) is 0 Å². The minimum absolute atomic E-state index is 0.0743. The lowest BCUT2D eigenvalue weighted by atomic mass is 10.1. The summed E-state index contributed by atoms with van der Waals surface area (Å²) in [5.74, 6) is 0. The quantitative estimate of drug-likeness (QED) is 0.573. The molecular formula is C8H22N2O2Si. The summed E-state index contributed by atoms with van der Waals surface area (Å²) in [6, 6.07) is 0.0743. The zero-order valence-electron chi connectivity index (χ0n) is 8.82. The fourth-order valence-electron chi connectivity index (χ4n) is 1.44. The van der Waals surface area contributed by atoms with E-state index in [0.29, 0.717) is 12.1 Å². The molecule has 0 saturated carbocycles. The Kier molecular flexibility index (Phi) is 7.49. The lowest BCUT2D eigenvalue weighted by Crippen LogP contribution is -2.35. The fourth-order valence-corrected chi connectivity index (χ4v) is 3.36. The van der Waals surface area contributed by atoms with Gasteiger partial charge in [-0.25, -0.2) is 0 Å². The Bertz CT molecular complexity index is 123. The zero-order valence-corrected chi connectivity index (χ0v) is 9.98. The van der Waals surface area contributed by atoms with Gasteiger partial charge in [0.05, 0.1) is 0 Å². The molecule has 0 heterocycles. The predicted molar refractivity (Wildman–Crippen MR) is 56.9 cm³/mol. The highest BCUT2D eigenvalue weighted by Gasteiger charge is 2.24. The molecule has 0 amide bonds. The molecule has 0 radical (unpaired) electrons. The molecule has 13 heavy (non-hydrogen) atoms. The lowest BCUT2D eigenvalue weighted by Gasteiger charge is -2.23. The second-order valence-corrected chi connectivity index (χ2v) is 5.86. The minimum Gasteiger partial charge on any atom is -0.400 e. The van der Waals surface area contributed by atoms with Crippen LogP contribution in [0.2, 0.25) is 5.54 Å². The maximum Gasteiger partial charge on any atom is 0.324 e. The molecule has 2 atom stereocenters. The van der Waals surface area contributed by atoms with E-state index in [1.54, 1.807) is 14.2 Å². The zero-order chi connectivity index (χ0) is 10.3. The molecule has 0 aliphatic carbocycles. The topological polar surface area (TPSA) is 70.5 Å². The average molecular weight is 206 g/mol. The summed E-state index contributed by atoms with van der Waals surface area (Å²) in [6.07, 6.45) is 1.96. The molecule has 2 unspecified atom stereocenters. The first-order valence-corrected chi connectivity index (χ1v) is 6.31. The maximum absolute atomic E-state index is 5.78. The van der Waals surface area contributed by atoms with Crippen molar-refractivity contribution in [1.82, 2.24) is 0 Å². The largest absolute Gasteiger partial charge is 0.400 e. The predicted octanol–water partition coefficient (Wildman–Crippen LogP) is -0.0440. The maximum atomic E-state index is 5.78. The number of rotatable bonds is 7. The van der Waals surface area contributed by atoms with Crippen molar-refractivity contribution in [2.24, 2.45) is 11.5 Å². The smallest absolute Gasteiger partial charge is 0.324 e. The van der Waals surface area contributed by atoms with E-state index >= 15 is 0 Å². The average Bonchev–Trinajstić information content (AvgIpc) is 2.17. The summed E-state index contributed by atoms with van der Waals surface area (Å²) < 4.78 is 10.6. The van der Waals surface area contributed by atoms with Crippen molar-refractivity contribution in [2.75, 3.05) is 20.8 Å². The molecule has 80 valence electrons. The van der Waals surface area contributed by atoms with E-state index < -0.39 is 9.28 Å². The summed E-state index contributed by atoms with van der Waals surface area (Å²) in [6.45, 7) is 2.66. The molecule has 0 rings (SSSR count). The molecule has 0 fully saturated rings. The molecule has 0 bridgehead atoms. The summed E-state index contributed by atoms with van der Waals surface area (Å²) in [5, 5.41) is 0. The van der Waals surface area contributed by atoms with Crippen molar-refractivity contribution in [3.05, 3.63) is 0 Å². The van der Waals surface area contributed by atoms with Gasteiger partial charge in [-0.1, -0.05) is 13.3 Å². The van der Waals surface area contributed by atoms with Crippen LogP contribution < -0.4 is 11.5 Å². The van der Waals surface area contributed by atoms with Crippen molar-refractivity contribution in [3.8, 4) is 0 Å². The van der Waals surface area contributed by atoms with Crippen LogP contribution in [0.25, 0.3) is 0 Å². The molecular weight excluding hydrogens is 184 g/mol. The summed E-state index contributed by atoms with van der Waals surface area (Å²) in [4.78, 5) is 0. The third kappa shape index (κ3) is 4.73. The number of hydrogen-bond donors (Lipinski definition) is 2. The normalized spacial score (nSPS) is 16.2. The van der Waals surface area contributed by atoms with Gasteiger partial charge in [0.25, 0.3) is 0 Å². The summed E-state index contributed by atoms with van der Waals surface area (Å²) >= 11 is 0. The van der Waals surface area contributed by atoms with Crippen LogP contribution in [0.3, 0.4) is 0 Å². The van der Waals surface area contributed by atoms with Crippen molar-refractivity contribution in [2.45, 2.75) is 31.3 Å². The minimum atomic E-state index is -1.51. The van der Waals surface area contributed by atoms with E-state index in [0.717, 1.165) is 12.8 Å². The molecule has 4 N–H and O–H groups in total. The van der Waals surface area contributed by atoms with Crippen molar-refractivity contribution < 1.29 is 8.85 Å². The second-order valence-electron chi connectivity index (χ2n) is 3.24. The molecule has 0 aromatic rings. The molecule has 4 nitrogen and oxygen atoms in total. The van der Waals surface area contributed by atoms with Gasteiger partial charge in [-0.05, 0) is 6.42 Å². The third-order valence-corrected chi connectivity index (χ3v) is 4.72. The van der Waals surface area contributed by atoms with E-state index in [1.165, 1.54) is 0 Å². The first kappa shape index (κ1) is 13.1. The van der Waals surface area contributed by atoms with Crippen LogP contribution in [-0.4, -0.2) is 36.1 Å². The SMILES string of the molecule is CCC(CC(N)CN)[SiH](OC)OC. The van der Waals surface area contributed by atoms with E-state index in [1.807, 2.05) is 0 Å². The Labute approximate surface area is 82.4 Å². The molecule has 0 aromatic heterocycles. The molecule has 0 spiro atoms. The molecule has 0 aromatic carbocycles. The van der Waals surface area contributed by atoms with Gasteiger partial charge in [0.2, 0.25) is 0 Å². The van der Waals surface area contributed by atoms with Crippen LogP contribution in [0.4, 0.5) is 0 Å². The van der Waals surface area contributed by atoms with E-state index in [4.69, 9.17) is 20.3 Å². The van der Waals surface area contributed by atoms with Gasteiger partial charge in [-0.3, -0.25) is 0 Å². The van der Waals surface area contributed by atoms with Gasteiger partial charge in [-0.2, -0.15) is 0 Å². The number of hydrogen-bond acceptors (Lipinski definition) is 4. The van der Waals surface area contributed by atoms with Gasteiger partial charge in [0.15, 0.2) is 0 Å². The van der Waals surface area contributed by atoms with Gasteiger partial charge < -0.3 is 20.3 Å². The van der Waals surface area contributed by atoms with Crippen LogP contribution in [0.1, 0.15) is 19.8 Å². The molecule has 0 aliphatic rings. The highest BCUT2D eigenvalue weighted by Crippen LogP contribution is 2.21. The van der Waals surface area contributed by atoms with Crippen molar-refractivity contribution >= 4 is 9.28 Å².